The van der Waals surface area contributed by atoms with Gasteiger partial charge in [-0.3, -0.25) is 4.79 Å². The molecule has 0 spiro atoms. The highest BCUT2D eigenvalue weighted by atomic mass is 16.1. The van der Waals surface area contributed by atoms with Crippen LogP contribution in [0.25, 0.3) is 0 Å². The van der Waals surface area contributed by atoms with Gasteiger partial charge in [-0.05, 0) is 35.4 Å². The molecule has 0 saturated heterocycles. The smallest absolute Gasteiger partial charge is 0.147 e. The molecule has 0 fully saturated rings. The molecule has 0 heterocycles. The van der Waals surface area contributed by atoms with Gasteiger partial charge in [-0.2, -0.15) is 0 Å². The van der Waals surface area contributed by atoms with E-state index in [1.54, 1.807) is 0 Å². The Balaban J connectivity index is 2.24. The van der Waals surface area contributed by atoms with Crippen LogP contribution in [0, 0.1) is 0 Å². The van der Waals surface area contributed by atoms with E-state index in [0.717, 1.165) is 22.5 Å². The minimum Gasteiger partial charge on any atom is -0.378 e. The number of benzene rings is 2. The number of nitrogens with zero attached hydrogens (tertiary/aromatic N) is 2. The molecule has 0 N–H and O–H groups in total. The first-order valence-corrected chi connectivity index (χ1v) is 8.39. The summed E-state index contributed by atoms with van der Waals surface area (Å²) < 4.78 is 0. The lowest BCUT2D eigenvalue weighted by atomic mass is 9.85. The molecule has 0 aromatic heterocycles. The Morgan fingerprint density at radius 1 is 0.750 bits per heavy atom. The highest BCUT2D eigenvalue weighted by Gasteiger charge is 2.23. The third-order valence-electron chi connectivity index (χ3n) is 4.63. The summed E-state index contributed by atoms with van der Waals surface area (Å²) in [4.78, 5) is 17.1. The van der Waals surface area contributed by atoms with Crippen LogP contribution in [0.5, 0.6) is 0 Å². The maximum Gasteiger partial charge on any atom is 0.147 e. The summed E-state index contributed by atoms with van der Waals surface area (Å²) in [6.07, 6.45) is 0. The summed E-state index contributed by atoms with van der Waals surface area (Å²) in [6.45, 7) is 4.01. The third-order valence-corrected chi connectivity index (χ3v) is 4.63. The summed E-state index contributed by atoms with van der Waals surface area (Å²) in [5.74, 6) is 0.00707. The van der Waals surface area contributed by atoms with E-state index in [2.05, 4.69) is 34.1 Å². The van der Waals surface area contributed by atoms with Crippen molar-refractivity contribution >= 4 is 17.2 Å². The second-order valence-corrected chi connectivity index (χ2v) is 6.82. The van der Waals surface area contributed by atoms with Gasteiger partial charge in [0.15, 0.2) is 0 Å². The number of Topliss-reactive ketones (excluding diaryl/α,β-unsaturated/α-hetero) is 1. The van der Waals surface area contributed by atoms with Crippen LogP contribution in [-0.2, 0) is 4.79 Å². The summed E-state index contributed by atoms with van der Waals surface area (Å²) in [5, 5.41) is 0. The van der Waals surface area contributed by atoms with E-state index in [0.29, 0.717) is 0 Å². The molecule has 3 heteroatoms. The molecular formula is C21H28N2O. The van der Waals surface area contributed by atoms with Gasteiger partial charge in [0.05, 0.1) is 0 Å². The topological polar surface area (TPSA) is 23.6 Å². The molecule has 2 atom stereocenters. The second kappa shape index (κ2) is 7.52. The molecular weight excluding hydrogens is 296 g/mol. The molecule has 2 unspecified atom stereocenters. The van der Waals surface area contributed by atoms with Crippen LogP contribution in [-0.4, -0.2) is 34.0 Å². The molecule has 128 valence electrons. The Morgan fingerprint density at radius 3 is 1.46 bits per heavy atom. The average molecular weight is 324 g/mol. The predicted molar refractivity (Wildman–Crippen MR) is 103 cm³/mol. The molecule has 24 heavy (non-hydrogen) atoms. The molecule has 2 aromatic rings. The highest BCUT2D eigenvalue weighted by molar-refractivity contribution is 5.91. The van der Waals surface area contributed by atoms with Gasteiger partial charge in [0, 0.05) is 51.4 Å². The summed E-state index contributed by atoms with van der Waals surface area (Å²) in [5.41, 5.74) is 4.38. The number of hydrogen-bond acceptors (Lipinski definition) is 3. The van der Waals surface area contributed by atoms with Crippen molar-refractivity contribution in [1.29, 1.82) is 0 Å². The number of carbonyl (C=O) groups is 1. The zero-order chi connectivity index (χ0) is 17.9. The average Bonchev–Trinajstić information content (AvgIpc) is 2.59. The Kier molecular flexibility index (Phi) is 5.66. The molecule has 0 aliphatic carbocycles. The lowest BCUT2D eigenvalue weighted by Crippen LogP contribution is -2.18. The van der Waals surface area contributed by atoms with Gasteiger partial charge in [0.1, 0.15) is 5.78 Å². The fourth-order valence-corrected chi connectivity index (χ4v) is 2.85. The monoisotopic (exact) mass is 324 g/mol. The summed E-state index contributed by atoms with van der Waals surface area (Å²) in [7, 11) is 8.06. The van der Waals surface area contributed by atoms with Crippen molar-refractivity contribution in [3.63, 3.8) is 0 Å². The highest BCUT2D eigenvalue weighted by Crippen LogP contribution is 2.29. The van der Waals surface area contributed by atoms with Gasteiger partial charge in [0.2, 0.25) is 0 Å². The Bertz CT molecular complexity index is 647. The molecule has 2 aromatic carbocycles. The van der Waals surface area contributed by atoms with Crippen molar-refractivity contribution in [2.24, 2.45) is 0 Å². The Labute approximate surface area is 145 Å². The van der Waals surface area contributed by atoms with Crippen LogP contribution in [0.2, 0.25) is 0 Å². The second-order valence-electron chi connectivity index (χ2n) is 6.82. The maximum atomic E-state index is 13.0. The van der Waals surface area contributed by atoms with E-state index < -0.39 is 0 Å². The van der Waals surface area contributed by atoms with E-state index in [1.807, 2.05) is 66.3 Å². The zero-order valence-corrected chi connectivity index (χ0v) is 15.6. The van der Waals surface area contributed by atoms with Gasteiger partial charge in [-0.15, -0.1) is 0 Å². The summed E-state index contributed by atoms with van der Waals surface area (Å²) in [6, 6.07) is 16.4. The van der Waals surface area contributed by atoms with Gasteiger partial charge < -0.3 is 9.80 Å². The van der Waals surface area contributed by atoms with Gasteiger partial charge in [-0.25, -0.2) is 0 Å². The first kappa shape index (κ1) is 18.1. The SMILES string of the molecule is CC(C(=O)C(C)c1cccc(N(C)C)c1)c1cccc(N(C)C)c1. The number of anilines is 2. The van der Waals surface area contributed by atoms with Crippen molar-refractivity contribution in [2.45, 2.75) is 25.7 Å². The van der Waals surface area contributed by atoms with Crippen LogP contribution in [0.3, 0.4) is 0 Å². The van der Waals surface area contributed by atoms with E-state index in [9.17, 15) is 4.79 Å². The molecule has 0 amide bonds. The van der Waals surface area contributed by atoms with Crippen molar-refractivity contribution in [2.75, 3.05) is 38.0 Å². The molecule has 0 saturated carbocycles. The molecule has 3 nitrogen and oxygen atoms in total. The number of carbonyl (C=O) groups excluding carboxylic acids is 1. The molecule has 0 bridgehead atoms. The third kappa shape index (κ3) is 3.97. The Morgan fingerprint density at radius 2 is 1.12 bits per heavy atom. The predicted octanol–water partition coefficient (Wildman–Crippen LogP) is 4.29. The normalized spacial score (nSPS) is 13.2. The van der Waals surface area contributed by atoms with Crippen LogP contribution in [0.4, 0.5) is 11.4 Å². The van der Waals surface area contributed by atoms with Gasteiger partial charge in [0.25, 0.3) is 0 Å². The molecule has 0 aliphatic heterocycles. The van der Waals surface area contributed by atoms with E-state index in [4.69, 9.17) is 0 Å². The van der Waals surface area contributed by atoms with Crippen LogP contribution >= 0.6 is 0 Å². The molecule has 0 radical (unpaired) electrons. The zero-order valence-electron chi connectivity index (χ0n) is 15.6. The summed E-state index contributed by atoms with van der Waals surface area (Å²) >= 11 is 0. The minimum atomic E-state index is -0.122. The number of hydrogen-bond donors (Lipinski definition) is 0. The number of ketones is 1. The molecule has 2 rings (SSSR count). The fourth-order valence-electron chi connectivity index (χ4n) is 2.85. The minimum absolute atomic E-state index is 0.122. The van der Waals surface area contributed by atoms with Gasteiger partial charge in [-0.1, -0.05) is 38.1 Å². The van der Waals surface area contributed by atoms with Crippen molar-refractivity contribution in [3.05, 3.63) is 59.7 Å². The Hall–Kier alpha value is -2.29. The molecule has 0 aliphatic rings. The number of rotatable bonds is 6. The van der Waals surface area contributed by atoms with Gasteiger partial charge >= 0.3 is 0 Å². The lowest BCUT2D eigenvalue weighted by Gasteiger charge is -2.21. The first-order valence-electron chi connectivity index (χ1n) is 8.39. The first-order chi connectivity index (χ1) is 11.3. The van der Waals surface area contributed by atoms with Crippen LogP contribution in [0.1, 0.15) is 36.8 Å². The van der Waals surface area contributed by atoms with Crippen molar-refractivity contribution < 1.29 is 4.79 Å². The standard InChI is InChI=1S/C21H28N2O/c1-15(17-9-7-11-19(13-17)22(3)4)21(24)16(2)18-10-8-12-20(14-18)23(5)6/h7-16H,1-6H3. The van der Waals surface area contributed by atoms with E-state index in [1.165, 1.54) is 0 Å². The van der Waals surface area contributed by atoms with Crippen LogP contribution in [0.15, 0.2) is 48.5 Å². The quantitative estimate of drug-likeness (QED) is 0.792. The fraction of sp³-hybridized carbons (Fsp3) is 0.381. The lowest BCUT2D eigenvalue weighted by molar-refractivity contribution is -0.121. The van der Waals surface area contributed by atoms with Crippen molar-refractivity contribution in [1.82, 2.24) is 0 Å². The van der Waals surface area contributed by atoms with Crippen molar-refractivity contribution in [3.8, 4) is 0 Å². The largest absolute Gasteiger partial charge is 0.378 e. The van der Waals surface area contributed by atoms with E-state index >= 15 is 0 Å². The maximum absolute atomic E-state index is 13.0. The van der Waals surface area contributed by atoms with E-state index in [-0.39, 0.29) is 17.6 Å². The van der Waals surface area contributed by atoms with Crippen LogP contribution < -0.4 is 9.80 Å².